The number of para-hydroxylation sites is 1. The second-order valence-corrected chi connectivity index (χ2v) is 5.26. The fourth-order valence-electron chi connectivity index (χ4n) is 1.90. The number of hydrogen-bond donors (Lipinski definition) is 2. The summed E-state index contributed by atoms with van der Waals surface area (Å²) in [6.07, 6.45) is 0.605. The Balaban J connectivity index is 2.19. The minimum atomic E-state index is -3.67. The van der Waals surface area contributed by atoms with Crippen molar-refractivity contribution in [3.8, 4) is 5.75 Å². The Kier molecular flexibility index (Phi) is 2.88. The highest BCUT2D eigenvalue weighted by Crippen LogP contribution is 2.28. The molecule has 0 fully saturated rings. The summed E-state index contributed by atoms with van der Waals surface area (Å²) in [6, 6.07) is 5.53. The van der Waals surface area contributed by atoms with Crippen molar-refractivity contribution in [3.63, 3.8) is 0 Å². The SMILES string of the molecule is Cc1cccc2c1OCC(NS(N)(=O)=O)C2. The van der Waals surface area contributed by atoms with E-state index in [4.69, 9.17) is 9.88 Å². The molecule has 1 aromatic rings. The van der Waals surface area contributed by atoms with Crippen LogP contribution in [0.2, 0.25) is 0 Å². The molecule has 1 unspecified atom stereocenters. The van der Waals surface area contributed by atoms with Crippen LogP contribution in [0.1, 0.15) is 11.1 Å². The quantitative estimate of drug-likeness (QED) is 0.771. The molecule has 0 aromatic heterocycles. The van der Waals surface area contributed by atoms with E-state index >= 15 is 0 Å². The summed E-state index contributed by atoms with van der Waals surface area (Å²) < 4.78 is 29.7. The van der Waals surface area contributed by atoms with E-state index in [0.29, 0.717) is 13.0 Å². The number of aryl methyl sites for hydroxylation is 1. The highest BCUT2D eigenvalue weighted by molar-refractivity contribution is 7.87. The van der Waals surface area contributed by atoms with Gasteiger partial charge in [-0.2, -0.15) is 13.1 Å². The molecule has 1 heterocycles. The van der Waals surface area contributed by atoms with Crippen LogP contribution in [0.25, 0.3) is 0 Å². The molecule has 6 heteroatoms. The normalized spacial score (nSPS) is 20.0. The van der Waals surface area contributed by atoms with Crippen LogP contribution in [0, 0.1) is 6.92 Å². The van der Waals surface area contributed by atoms with Gasteiger partial charge in [0.25, 0.3) is 10.2 Å². The third-order valence-electron chi connectivity index (χ3n) is 2.52. The van der Waals surface area contributed by atoms with Gasteiger partial charge in [-0.15, -0.1) is 0 Å². The lowest BCUT2D eigenvalue weighted by atomic mass is 10.0. The first-order chi connectivity index (χ1) is 7.46. The number of ether oxygens (including phenoxy) is 1. The molecule has 1 aliphatic heterocycles. The zero-order valence-corrected chi connectivity index (χ0v) is 9.75. The molecule has 88 valence electrons. The van der Waals surface area contributed by atoms with Crippen LogP contribution in [-0.4, -0.2) is 21.1 Å². The monoisotopic (exact) mass is 242 g/mol. The molecular formula is C10H14N2O3S. The van der Waals surface area contributed by atoms with E-state index in [-0.39, 0.29) is 6.04 Å². The van der Waals surface area contributed by atoms with Crippen molar-refractivity contribution in [1.82, 2.24) is 4.72 Å². The lowest BCUT2D eigenvalue weighted by Crippen LogP contribution is -2.45. The van der Waals surface area contributed by atoms with Crippen LogP contribution in [-0.2, 0) is 16.6 Å². The van der Waals surface area contributed by atoms with Crippen LogP contribution in [0.4, 0.5) is 0 Å². The van der Waals surface area contributed by atoms with Crippen LogP contribution in [0.5, 0.6) is 5.75 Å². The van der Waals surface area contributed by atoms with E-state index in [1.54, 1.807) is 0 Å². The van der Waals surface area contributed by atoms with E-state index < -0.39 is 10.2 Å². The zero-order chi connectivity index (χ0) is 11.8. The minimum absolute atomic E-state index is 0.288. The average Bonchev–Trinajstić information content (AvgIpc) is 2.15. The fourth-order valence-corrected chi connectivity index (χ4v) is 2.51. The lowest BCUT2D eigenvalue weighted by molar-refractivity contribution is 0.252. The third kappa shape index (κ3) is 2.52. The van der Waals surface area contributed by atoms with Gasteiger partial charge in [-0.3, -0.25) is 0 Å². The van der Waals surface area contributed by atoms with Gasteiger partial charge in [-0.1, -0.05) is 18.2 Å². The van der Waals surface area contributed by atoms with Gasteiger partial charge in [0.15, 0.2) is 0 Å². The molecule has 0 spiro atoms. The molecule has 1 aromatic carbocycles. The second-order valence-electron chi connectivity index (χ2n) is 3.94. The molecule has 16 heavy (non-hydrogen) atoms. The summed E-state index contributed by atoms with van der Waals surface area (Å²) in [6.45, 7) is 2.28. The van der Waals surface area contributed by atoms with Gasteiger partial charge in [0, 0.05) is 0 Å². The lowest BCUT2D eigenvalue weighted by Gasteiger charge is -2.26. The summed E-state index contributed by atoms with van der Waals surface area (Å²) in [7, 11) is -3.67. The summed E-state index contributed by atoms with van der Waals surface area (Å²) in [5.74, 6) is 0.856. The van der Waals surface area contributed by atoms with Gasteiger partial charge in [0.2, 0.25) is 0 Å². The maximum atomic E-state index is 10.9. The Hall–Kier alpha value is -1.11. The summed E-state index contributed by atoms with van der Waals surface area (Å²) in [5, 5.41) is 4.92. The van der Waals surface area contributed by atoms with E-state index in [1.165, 1.54) is 0 Å². The topological polar surface area (TPSA) is 81.4 Å². The zero-order valence-electron chi connectivity index (χ0n) is 8.93. The molecule has 0 saturated carbocycles. The molecule has 1 atom stereocenters. The van der Waals surface area contributed by atoms with Gasteiger partial charge in [0.05, 0.1) is 6.04 Å². The summed E-state index contributed by atoms with van der Waals surface area (Å²) in [4.78, 5) is 0. The van der Waals surface area contributed by atoms with Crippen molar-refractivity contribution >= 4 is 10.2 Å². The highest BCUT2D eigenvalue weighted by atomic mass is 32.2. The number of benzene rings is 1. The van der Waals surface area contributed by atoms with E-state index in [2.05, 4.69) is 4.72 Å². The van der Waals surface area contributed by atoms with Crippen LogP contribution in [0.3, 0.4) is 0 Å². The van der Waals surface area contributed by atoms with Crippen molar-refractivity contribution in [2.45, 2.75) is 19.4 Å². The maximum Gasteiger partial charge on any atom is 0.274 e. The van der Waals surface area contributed by atoms with E-state index in [0.717, 1.165) is 16.9 Å². The van der Waals surface area contributed by atoms with Crippen molar-refractivity contribution in [2.24, 2.45) is 5.14 Å². The number of fused-ring (bicyclic) bond motifs is 1. The van der Waals surface area contributed by atoms with Gasteiger partial charge in [0.1, 0.15) is 12.4 Å². The average molecular weight is 242 g/mol. The molecule has 1 aliphatic rings. The predicted molar refractivity (Wildman–Crippen MR) is 60.4 cm³/mol. The number of nitrogens with two attached hydrogens (primary N) is 1. The molecule has 0 amide bonds. The molecular weight excluding hydrogens is 228 g/mol. The highest BCUT2D eigenvalue weighted by Gasteiger charge is 2.23. The van der Waals surface area contributed by atoms with Gasteiger partial charge < -0.3 is 4.74 Å². The van der Waals surface area contributed by atoms with Crippen molar-refractivity contribution < 1.29 is 13.2 Å². The fraction of sp³-hybridized carbons (Fsp3) is 0.400. The first kappa shape index (κ1) is 11.4. The molecule has 0 saturated heterocycles. The van der Waals surface area contributed by atoms with Gasteiger partial charge in [-0.05, 0) is 24.5 Å². The van der Waals surface area contributed by atoms with Crippen molar-refractivity contribution in [1.29, 1.82) is 0 Å². The third-order valence-corrected chi connectivity index (χ3v) is 3.18. The Morgan fingerprint density at radius 2 is 2.25 bits per heavy atom. The van der Waals surface area contributed by atoms with Crippen LogP contribution >= 0.6 is 0 Å². The first-order valence-electron chi connectivity index (χ1n) is 4.97. The standard InChI is InChI=1S/C10H14N2O3S/c1-7-3-2-4-8-5-9(6-15-10(7)8)12-16(11,13)14/h2-4,9,12H,5-6H2,1H3,(H2,11,13,14). The van der Waals surface area contributed by atoms with Crippen LogP contribution in [0.15, 0.2) is 18.2 Å². The Morgan fingerprint density at radius 1 is 1.50 bits per heavy atom. The van der Waals surface area contributed by atoms with Crippen molar-refractivity contribution in [2.75, 3.05) is 6.61 Å². The smallest absolute Gasteiger partial charge is 0.274 e. The summed E-state index contributed by atoms with van der Waals surface area (Å²) in [5.41, 5.74) is 2.07. The van der Waals surface area contributed by atoms with Crippen molar-refractivity contribution in [3.05, 3.63) is 29.3 Å². The maximum absolute atomic E-state index is 10.9. The van der Waals surface area contributed by atoms with E-state index in [9.17, 15) is 8.42 Å². The molecule has 3 N–H and O–H groups in total. The Morgan fingerprint density at radius 3 is 2.94 bits per heavy atom. The largest absolute Gasteiger partial charge is 0.491 e. The summed E-state index contributed by atoms with van der Waals surface area (Å²) >= 11 is 0. The van der Waals surface area contributed by atoms with Gasteiger partial charge >= 0.3 is 0 Å². The molecule has 0 radical (unpaired) electrons. The van der Waals surface area contributed by atoms with Crippen LogP contribution < -0.4 is 14.6 Å². The Labute approximate surface area is 94.8 Å². The Bertz CT molecular complexity index is 499. The van der Waals surface area contributed by atoms with Gasteiger partial charge in [-0.25, -0.2) is 5.14 Å². The molecule has 0 aliphatic carbocycles. The number of hydrogen-bond acceptors (Lipinski definition) is 3. The first-order valence-corrected chi connectivity index (χ1v) is 6.52. The minimum Gasteiger partial charge on any atom is -0.491 e. The molecule has 5 nitrogen and oxygen atoms in total. The molecule has 0 bridgehead atoms. The number of nitrogens with one attached hydrogen (secondary N) is 1. The van der Waals surface area contributed by atoms with E-state index in [1.807, 2.05) is 25.1 Å². The predicted octanol–water partition coefficient (Wildman–Crippen LogP) is 0.0916. The second kappa shape index (κ2) is 4.04. The molecule has 2 rings (SSSR count). The number of rotatable bonds is 2.